The Morgan fingerprint density at radius 3 is 2.61 bits per heavy atom. The number of rotatable bonds is 12. The molecule has 1 atom stereocenters. The molecule has 0 aromatic carbocycles. The lowest BCUT2D eigenvalue weighted by Crippen LogP contribution is -2.40. The molecule has 176 valence electrons. The van der Waals surface area contributed by atoms with Gasteiger partial charge in [0.05, 0.1) is 10.3 Å². The Bertz CT molecular complexity index is 1210. The number of H-pyrrole nitrogens is 2. The summed E-state index contributed by atoms with van der Waals surface area (Å²) in [6, 6.07) is 2.27. The van der Waals surface area contributed by atoms with Crippen LogP contribution in [0.2, 0.25) is 0 Å². The molecule has 1 amide bonds. The van der Waals surface area contributed by atoms with Crippen molar-refractivity contribution < 1.29 is 24.6 Å². The molecule has 3 heterocycles. The quantitative estimate of drug-likeness (QED) is 0.214. The fraction of sp³-hybridized carbons (Fsp3) is 0.381. The molecule has 0 radical (unpaired) electrons. The number of nitrogen functional groups attached to an aromatic ring is 1. The van der Waals surface area contributed by atoms with Crippen LogP contribution in [0.4, 0.5) is 5.95 Å². The van der Waals surface area contributed by atoms with Gasteiger partial charge in [-0.15, -0.1) is 11.3 Å². The van der Waals surface area contributed by atoms with Crippen molar-refractivity contribution in [1.82, 2.24) is 20.3 Å². The number of carboxylic acids is 2. The highest BCUT2D eigenvalue weighted by molar-refractivity contribution is 7.12. The number of nitrogens with two attached hydrogens (primary N) is 1. The number of aromatic nitrogens is 3. The number of carbonyl (C=O) groups excluding carboxylic acids is 1. The Labute approximate surface area is 192 Å². The smallest absolute Gasteiger partial charge is 0.326 e. The number of amides is 1. The van der Waals surface area contributed by atoms with Crippen LogP contribution in [0.15, 0.2) is 22.3 Å². The average molecular weight is 476 g/mol. The van der Waals surface area contributed by atoms with E-state index in [2.05, 4.69) is 20.3 Å². The van der Waals surface area contributed by atoms with Gasteiger partial charge in [0, 0.05) is 12.1 Å². The molecule has 0 bridgehead atoms. The van der Waals surface area contributed by atoms with E-state index in [1.54, 1.807) is 12.1 Å². The molecule has 0 fully saturated rings. The van der Waals surface area contributed by atoms with E-state index in [0.717, 1.165) is 43.4 Å². The van der Waals surface area contributed by atoms with E-state index in [0.29, 0.717) is 15.9 Å². The number of nitrogens with one attached hydrogen (secondary N) is 3. The minimum Gasteiger partial charge on any atom is -0.481 e. The summed E-state index contributed by atoms with van der Waals surface area (Å²) in [4.78, 5) is 56.1. The second-order valence-corrected chi connectivity index (χ2v) is 8.60. The van der Waals surface area contributed by atoms with Crippen LogP contribution in [0.25, 0.3) is 11.0 Å². The van der Waals surface area contributed by atoms with Crippen molar-refractivity contribution in [3.05, 3.63) is 44.0 Å². The largest absolute Gasteiger partial charge is 0.481 e. The third kappa shape index (κ3) is 6.65. The molecule has 0 aliphatic carbocycles. The molecule has 33 heavy (non-hydrogen) atoms. The van der Waals surface area contributed by atoms with Gasteiger partial charge in [0.25, 0.3) is 11.5 Å². The number of carboxylic acid groups (broad SMARTS) is 2. The van der Waals surface area contributed by atoms with Crippen LogP contribution in [0.3, 0.4) is 0 Å². The number of aryl methyl sites for hydroxylation is 2. The van der Waals surface area contributed by atoms with Gasteiger partial charge in [-0.1, -0.05) is 6.42 Å². The van der Waals surface area contributed by atoms with Crippen molar-refractivity contribution in [2.45, 2.75) is 51.0 Å². The van der Waals surface area contributed by atoms with E-state index in [4.69, 9.17) is 10.8 Å². The van der Waals surface area contributed by atoms with Crippen molar-refractivity contribution in [2.75, 3.05) is 5.73 Å². The van der Waals surface area contributed by atoms with Crippen molar-refractivity contribution in [3.63, 3.8) is 0 Å². The summed E-state index contributed by atoms with van der Waals surface area (Å²) < 4.78 is 0. The molecule has 12 heteroatoms. The third-order valence-electron chi connectivity index (χ3n) is 5.11. The van der Waals surface area contributed by atoms with Crippen molar-refractivity contribution in [2.24, 2.45) is 0 Å². The second kappa shape index (κ2) is 10.8. The molecule has 0 unspecified atom stereocenters. The van der Waals surface area contributed by atoms with Gasteiger partial charge in [-0.3, -0.25) is 19.4 Å². The lowest BCUT2D eigenvalue weighted by Gasteiger charge is -2.12. The number of aliphatic carboxylic acids is 2. The maximum atomic E-state index is 12.3. The molecule has 0 spiro atoms. The summed E-state index contributed by atoms with van der Waals surface area (Å²) in [5.41, 5.74) is 7.66. The van der Waals surface area contributed by atoms with Crippen LogP contribution in [0.5, 0.6) is 0 Å². The fourth-order valence-corrected chi connectivity index (χ4v) is 4.28. The normalized spacial score (nSPS) is 12.0. The number of nitrogens with zero attached hydrogens (tertiary/aromatic N) is 1. The van der Waals surface area contributed by atoms with Crippen LogP contribution in [0.1, 0.15) is 53.0 Å². The maximum absolute atomic E-state index is 12.3. The zero-order valence-electron chi connectivity index (χ0n) is 17.7. The SMILES string of the molecule is Nc1nc2[nH]c(CCCCCc3csc(C(=O)N[C@@H](CCC(=O)O)C(=O)O)c3)cc2c(=O)[nH]1. The van der Waals surface area contributed by atoms with E-state index in [1.165, 1.54) is 11.3 Å². The minimum absolute atomic E-state index is 0.0726. The molecule has 3 rings (SSSR count). The van der Waals surface area contributed by atoms with Gasteiger partial charge in [-0.05, 0) is 55.2 Å². The summed E-state index contributed by atoms with van der Waals surface area (Å²) in [6.07, 6.45) is 3.77. The number of fused-ring (bicyclic) bond motifs is 1. The fourth-order valence-electron chi connectivity index (χ4n) is 3.43. The lowest BCUT2D eigenvalue weighted by molar-refractivity contribution is -0.140. The highest BCUT2D eigenvalue weighted by Gasteiger charge is 2.22. The van der Waals surface area contributed by atoms with E-state index in [9.17, 15) is 24.3 Å². The molecule has 3 aromatic rings. The third-order valence-corrected chi connectivity index (χ3v) is 6.09. The first-order valence-corrected chi connectivity index (χ1v) is 11.3. The first kappa shape index (κ1) is 24.0. The van der Waals surface area contributed by atoms with Crippen molar-refractivity contribution >= 4 is 46.2 Å². The number of anilines is 1. The summed E-state index contributed by atoms with van der Waals surface area (Å²) in [6.45, 7) is 0. The average Bonchev–Trinajstić information content (AvgIpc) is 3.37. The number of hydrogen-bond acceptors (Lipinski definition) is 7. The number of thiophene rings is 1. The topological polar surface area (TPSA) is 191 Å². The Hall–Kier alpha value is -3.67. The molecular formula is C21H25N5O6S. The van der Waals surface area contributed by atoms with E-state index < -0.39 is 23.9 Å². The van der Waals surface area contributed by atoms with E-state index in [1.807, 2.05) is 5.38 Å². The molecule has 3 aromatic heterocycles. The van der Waals surface area contributed by atoms with E-state index >= 15 is 0 Å². The van der Waals surface area contributed by atoms with Crippen molar-refractivity contribution in [1.29, 1.82) is 0 Å². The molecule has 7 N–H and O–H groups in total. The lowest BCUT2D eigenvalue weighted by atomic mass is 10.1. The Morgan fingerprint density at radius 2 is 1.88 bits per heavy atom. The van der Waals surface area contributed by atoms with Gasteiger partial charge in [-0.2, -0.15) is 4.98 Å². The number of aromatic amines is 2. The molecule has 0 saturated heterocycles. The van der Waals surface area contributed by atoms with Gasteiger partial charge in [0.15, 0.2) is 0 Å². The molecule has 0 saturated carbocycles. The summed E-state index contributed by atoms with van der Waals surface area (Å²) in [5, 5.41) is 22.6. The molecule has 0 aliphatic rings. The van der Waals surface area contributed by atoms with Crippen LogP contribution < -0.4 is 16.6 Å². The molecule has 11 nitrogen and oxygen atoms in total. The zero-order valence-corrected chi connectivity index (χ0v) is 18.5. The van der Waals surface area contributed by atoms with Gasteiger partial charge >= 0.3 is 11.9 Å². The number of unbranched alkanes of at least 4 members (excludes halogenated alkanes) is 2. The van der Waals surface area contributed by atoms with Crippen LogP contribution in [-0.4, -0.2) is 49.1 Å². The molecule has 0 aliphatic heterocycles. The van der Waals surface area contributed by atoms with Gasteiger partial charge in [0.1, 0.15) is 11.7 Å². The Morgan fingerprint density at radius 1 is 1.12 bits per heavy atom. The number of hydrogen-bond donors (Lipinski definition) is 6. The van der Waals surface area contributed by atoms with Crippen LogP contribution in [0, 0.1) is 0 Å². The summed E-state index contributed by atoms with van der Waals surface area (Å²) in [5.74, 6) is -2.83. The Kier molecular flexibility index (Phi) is 7.83. The second-order valence-electron chi connectivity index (χ2n) is 7.68. The highest BCUT2D eigenvalue weighted by Crippen LogP contribution is 2.18. The zero-order chi connectivity index (χ0) is 24.0. The minimum atomic E-state index is -1.26. The van der Waals surface area contributed by atoms with Gasteiger partial charge < -0.3 is 26.2 Å². The monoisotopic (exact) mass is 475 g/mol. The highest BCUT2D eigenvalue weighted by atomic mass is 32.1. The summed E-state index contributed by atoms with van der Waals surface area (Å²) >= 11 is 1.23. The summed E-state index contributed by atoms with van der Waals surface area (Å²) in [7, 11) is 0. The molecular weight excluding hydrogens is 450 g/mol. The first-order chi connectivity index (χ1) is 15.7. The number of carbonyl (C=O) groups is 3. The standard InChI is InChI=1S/C21H25N5O6S/c22-21-25-17-13(18(29)26-21)9-12(23-17)5-3-1-2-4-11-8-15(33-10-11)19(30)24-14(20(31)32)6-7-16(27)28/h8-10,14H,1-7H2,(H,24,30)(H,27,28)(H,31,32)(H4,22,23,25,26,29)/t14-/m0/s1. The predicted molar refractivity (Wildman–Crippen MR) is 122 cm³/mol. The van der Waals surface area contributed by atoms with E-state index in [-0.39, 0.29) is 24.3 Å². The maximum Gasteiger partial charge on any atom is 0.326 e. The van der Waals surface area contributed by atoms with Crippen molar-refractivity contribution in [3.8, 4) is 0 Å². The van der Waals surface area contributed by atoms with Gasteiger partial charge in [-0.25, -0.2) is 4.79 Å². The van der Waals surface area contributed by atoms with Crippen LogP contribution >= 0.6 is 11.3 Å². The van der Waals surface area contributed by atoms with Crippen LogP contribution in [-0.2, 0) is 22.4 Å². The predicted octanol–water partition coefficient (Wildman–Crippen LogP) is 1.90. The Balaban J connectivity index is 1.44. The first-order valence-electron chi connectivity index (χ1n) is 10.4. The van der Waals surface area contributed by atoms with Gasteiger partial charge in [0.2, 0.25) is 5.95 Å².